The average Bonchev–Trinajstić information content (AvgIpc) is 2.99. The quantitative estimate of drug-likeness (QED) is 0.311. The molecule has 0 aromatic carbocycles. The molecule has 0 saturated carbocycles. The number of nitrogens with zero attached hydrogens (tertiary/aromatic N) is 2. The van der Waals surface area contributed by atoms with E-state index in [0.717, 1.165) is 43.5 Å². The number of aromatic nitrogens is 1. The van der Waals surface area contributed by atoms with Gasteiger partial charge in [0.25, 0.3) is 0 Å². The van der Waals surface area contributed by atoms with Gasteiger partial charge in [-0.1, -0.05) is 20.8 Å². The molecule has 1 heterocycles. The Kier molecular flexibility index (Phi) is 13.6. The number of aryl methyl sites for hydroxylation is 1. The van der Waals surface area contributed by atoms with Gasteiger partial charge in [0.15, 0.2) is 5.96 Å². The van der Waals surface area contributed by atoms with Crippen molar-refractivity contribution in [3.63, 3.8) is 0 Å². The summed E-state index contributed by atoms with van der Waals surface area (Å²) >= 11 is 1.74. The van der Waals surface area contributed by atoms with Gasteiger partial charge in [0.05, 0.1) is 12.6 Å². The second-order valence-corrected chi connectivity index (χ2v) is 6.92. The van der Waals surface area contributed by atoms with Gasteiger partial charge < -0.3 is 15.4 Å². The highest BCUT2D eigenvalue weighted by molar-refractivity contribution is 14.0. The summed E-state index contributed by atoms with van der Waals surface area (Å²) in [4.78, 5) is 10.3. The molecule has 0 fully saturated rings. The molecule has 1 aromatic rings. The first-order chi connectivity index (χ1) is 11.1. The summed E-state index contributed by atoms with van der Waals surface area (Å²) in [5.41, 5.74) is 0. The largest absolute Gasteiger partial charge is 0.378 e. The molecule has 5 nitrogen and oxygen atoms in total. The highest BCUT2D eigenvalue weighted by Crippen LogP contribution is 2.14. The Hall–Kier alpha value is -0.410. The zero-order valence-corrected chi connectivity index (χ0v) is 18.7. The van der Waals surface area contributed by atoms with E-state index in [1.807, 2.05) is 13.1 Å². The SMILES string of the molecule is CCNC(=NCc1ncc(CC)s1)NCCC(OCC)C(C)C.I. The molecule has 0 spiro atoms. The lowest BCUT2D eigenvalue weighted by atomic mass is 10.0. The Labute approximate surface area is 168 Å². The van der Waals surface area contributed by atoms with Crippen LogP contribution < -0.4 is 10.6 Å². The Morgan fingerprint density at radius 3 is 2.58 bits per heavy atom. The minimum atomic E-state index is 0. The fraction of sp³-hybridized carbons (Fsp3) is 0.765. The van der Waals surface area contributed by atoms with Crippen molar-refractivity contribution < 1.29 is 4.74 Å². The topological polar surface area (TPSA) is 58.5 Å². The molecule has 1 rings (SSSR count). The van der Waals surface area contributed by atoms with E-state index in [1.54, 1.807) is 11.3 Å². The van der Waals surface area contributed by atoms with E-state index < -0.39 is 0 Å². The van der Waals surface area contributed by atoms with E-state index in [-0.39, 0.29) is 24.0 Å². The number of halogens is 1. The summed E-state index contributed by atoms with van der Waals surface area (Å²) in [5, 5.41) is 7.74. The summed E-state index contributed by atoms with van der Waals surface area (Å²) in [5.74, 6) is 1.37. The molecule has 1 unspecified atom stereocenters. The van der Waals surface area contributed by atoms with Crippen molar-refractivity contribution in [3.05, 3.63) is 16.1 Å². The third kappa shape index (κ3) is 9.17. The van der Waals surface area contributed by atoms with E-state index in [0.29, 0.717) is 18.6 Å². The predicted octanol–water partition coefficient (Wildman–Crippen LogP) is 3.83. The first kappa shape index (κ1) is 23.6. The van der Waals surface area contributed by atoms with Gasteiger partial charge >= 0.3 is 0 Å². The van der Waals surface area contributed by atoms with Gasteiger partial charge in [-0.25, -0.2) is 9.98 Å². The Bertz CT molecular complexity index is 465. The highest BCUT2D eigenvalue weighted by Gasteiger charge is 2.13. The molecule has 0 amide bonds. The number of hydrogen-bond acceptors (Lipinski definition) is 4. The van der Waals surface area contributed by atoms with Crippen LogP contribution in [0.4, 0.5) is 0 Å². The van der Waals surface area contributed by atoms with Crippen molar-refractivity contribution in [1.82, 2.24) is 15.6 Å². The molecular weight excluding hydrogens is 435 g/mol. The molecule has 0 radical (unpaired) electrons. The van der Waals surface area contributed by atoms with Crippen LogP contribution in [0.3, 0.4) is 0 Å². The number of guanidine groups is 1. The Morgan fingerprint density at radius 1 is 1.29 bits per heavy atom. The van der Waals surface area contributed by atoms with E-state index in [1.165, 1.54) is 4.88 Å². The fourth-order valence-corrected chi connectivity index (χ4v) is 3.02. The zero-order valence-electron chi connectivity index (χ0n) is 15.6. The van der Waals surface area contributed by atoms with E-state index >= 15 is 0 Å². The Morgan fingerprint density at radius 2 is 2.04 bits per heavy atom. The van der Waals surface area contributed by atoms with E-state index in [9.17, 15) is 0 Å². The molecule has 0 aliphatic heterocycles. The van der Waals surface area contributed by atoms with Crippen molar-refractivity contribution >= 4 is 41.3 Å². The van der Waals surface area contributed by atoms with E-state index in [4.69, 9.17) is 4.74 Å². The van der Waals surface area contributed by atoms with Crippen LogP contribution in [0.25, 0.3) is 0 Å². The van der Waals surface area contributed by atoms with Crippen LogP contribution in [-0.4, -0.2) is 36.7 Å². The summed E-state index contributed by atoms with van der Waals surface area (Å²) in [6, 6.07) is 0. The van der Waals surface area contributed by atoms with Crippen molar-refractivity contribution in [1.29, 1.82) is 0 Å². The van der Waals surface area contributed by atoms with Crippen LogP contribution in [0.1, 0.15) is 50.9 Å². The number of rotatable bonds is 10. The molecule has 1 aromatic heterocycles. The van der Waals surface area contributed by atoms with Gasteiger partial charge in [-0.2, -0.15) is 0 Å². The third-order valence-corrected chi connectivity index (χ3v) is 4.64. The van der Waals surface area contributed by atoms with Crippen molar-refractivity contribution in [2.45, 2.75) is 60.1 Å². The monoisotopic (exact) mass is 468 g/mol. The lowest BCUT2D eigenvalue weighted by Gasteiger charge is -2.21. The molecule has 24 heavy (non-hydrogen) atoms. The predicted molar refractivity (Wildman–Crippen MR) is 115 cm³/mol. The lowest BCUT2D eigenvalue weighted by molar-refractivity contribution is 0.0258. The van der Waals surface area contributed by atoms with Crippen LogP contribution in [0.5, 0.6) is 0 Å². The smallest absolute Gasteiger partial charge is 0.191 e. The third-order valence-electron chi connectivity index (χ3n) is 3.51. The fourth-order valence-electron chi connectivity index (χ4n) is 2.23. The van der Waals surface area contributed by atoms with Gasteiger partial charge in [0.1, 0.15) is 5.01 Å². The summed E-state index contributed by atoms with van der Waals surface area (Å²) in [6.07, 6.45) is 4.26. The minimum absolute atomic E-state index is 0. The Balaban J connectivity index is 0.00000529. The number of ether oxygens (including phenoxy) is 1. The molecule has 0 aliphatic rings. The van der Waals surface area contributed by atoms with Crippen LogP contribution >= 0.6 is 35.3 Å². The van der Waals surface area contributed by atoms with E-state index in [2.05, 4.69) is 48.3 Å². The number of aliphatic imine (C=N–C) groups is 1. The summed E-state index contributed by atoms with van der Waals surface area (Å²) in [7, 11) is 0. The standard InChI is InChI=1S/C17H32N4OS.HI/c1-6-14-11-20-16(23-14)12-21-17(18-7-2)19-10-9-15(13(4)5)22-8-3;/h11,13,15H,6-10,12H2,1-5H3,(H2,18,19,21);1H. The number of hydrogen-bond donors (Lipinski definition) is 2. The lowest BCUT2D eigenvalue weighted by Crippen LogP contribution is -2.39. The number of thiazole rings is 1. The van der Waals surface area contributed by atoms with Gasteiger partial charge in [0.2, 0.25) is 0 Å². The summed E-state index contributed by atoms with van der Waals surface area (Å²) in [6.45, 7) is 13.8. The van der Waals surface area contributed by atoms with Gasteiger partial charge in [0, 0.05) is 30.8 Å². The van der Waals surface area contributed by atoms with Gasteiger partial charge in [-0.05, 0) is 32.6 Å². The number of nitrogens with one attached hydrogen (secondary N) is 2. The molecular formula is C17H33IN4OS. The maximum Gasteiger partial charge on any atom is 0.191 e. The summed E-state index contributed by atoms with van der Waals surface area (Å²) < 4.78 is 5.78. The van der Waals surface area contributed by atoms with Gasteiger partial charge in [-0.3, -0.25) is 0 Å². The second kappa shape index (κ2) is 13.8. The van der Waals surface area contributed by atoms with Crippen molar-refractivity contribution in [2.24, 2.45) is 10.9 Å². The minimum Gasteiger partial charge on any atom is -0.378 e. The second-order valence-electron chi connectivity index (χ2n) is 5.72. The maximum atomic E-state index is 5.78. The molecule has 0 bridgehead atoms. The maximum absolute atomic E-state index is 5.78. The first-order valence-electron chi connectivity index (χ1n) is 8.67. The molecule has 140 valence electrons. The average molecular weight is 468 g/mol. The van der Waals surface area contributed by atoms with Gasteiger partial charge in [-0.15, -0.1) is 35.3 Å². The molecule has 1 atom stereocenters. The highest BCUT2D eigenvalue weighted by atomic mass is 127. The molecule has 2 N–H and O–H groups in total. The van der Waals surface area contributed by atoms with Crippen molar-refractivity contribution in [2.75, 3.05) is 19.7 Å². The molecule has 0 aliphatic carbocycles. The van der Waals surface area contributed by atoms with Crippen LogP contribution in [0, 0.1) is 5.92 Å². The van der Waals surface area contributed by atoms with Crippen LogP contribution in [0.2, 0.25) is 0 Å². The molecule has 7 heteroatoms. The van der Waals surface area contributed by atoms with Crippen molar-refractivity contribution in [3.8, 4) is 0 Å². The van der Waals surface area contributed by atoms with Crippen LogP contribution in [-0.2, 0) is 17.7 Å². The molecule has 0 saturated heterocycles. The normalized spacial score (nSPS) is 12.8. The zero-order chi connectivity index (χ0) is 17.1. The van der Waals surface area contributed by atoms with Crippen LogP contribution in [0.15, 0.2) is 11.2 Å². The first-order valence-corrected chi connectivity index (χ1v) is 9.49.